The lowest BCUT2D eigenvalue weighted by Gasteiger charge is -2.27. The third kappa shape index (κ3) is 6.16. The second-order valence-corrected chi connectivity index (χ2v) is 12.3. The Balaban J connectivity index is 1.54. The molecule has 202 valence electrons. The summed E-state index contributed by atoms with van der Waals surface area (Å²) in [6, 6.07) is 13.6. The molecule has 3 aromatic carbocycles. The lowest BCUT2D eigenvalue weighted by Crippen LogP contribution is -2.40. The number of sulfonamides is 2. The van der Waals surface area contributed by atoms with Gasteiger partial charge in [0.05, 0.1) is 51.4 Å². The number of halogens is 2. The quantitative estimate of drug-likeness (QED) is 0.399. The van der Waals surface area contributed by atoms with Gasteiger partial charge in [0.25, 0.3) is 26.0 Å². The fraction of sp³-hybridized carbons (Fsp3) is 0.208. The number of rotatable bonds is 8. The van der Waals surface area contributed by atoms with Crippen molar-refractivity contribution in [2.45, 2.75) is 9.79 Å². The number of nitrogens with zero attached hydrogens (tertiary/aromatic N) is 1. The van der Waals surface area contributed by atoms with Gasteiger partial charge in [-0.1, -0.05) is 29.3 Å². The van der Waals surface area contributed by atoms with Crippen LogP contribution in [0.5, 0.6) is 5.75 Å². The summed E-state index contributed by atoms with van der Waals surface area (Å²) in [5.41, 5.74) is 0.317. The highest BCUT2D eigenvalue weighted by atomic mass is 35.5. The number of hydrogen-bond donors (Lipinski definition) is 2. The highest BCUT2D eigenvalue weighted by Crippen LogP contribution is 2.31. The minimum atomic E-state index is -4.13. The number of carbonyl (C=O) groups excluding carboxylic acids is 1. The van der Waals surface area contributed by atoms with Crippen molar-refractivity contribution in [2.75, 3.05) is 42.9 Å². The van der Waals surface area contributed by atoms with Crippen LogP contribution in [0.4, 0.5) is 11.4 Å². The maximum absolute atomic E-state index is 13.1. The third-order valence-electron chi connectivity index (χ3n) is 5.62. The number of benzene rings is 3. The van der Waals surface area contributed by atoms with Gasteiger partial charge in [0.2, 0.25) is 0 Å². The molecule has 0 saturated carbocycles. The van der Waals surface area contributed by atoms with Crippen LogP contribution < -0.4 is 14.2 Å². The standard InChI is InChI=1S/C24H23Cl2N3O7S2/c1-35-22-10-9-18(15-19(22)24(30)29-11-13-36-14-12-29)38(33,34)27-16-5-7-17(8-6-16)37(31,32)28-21-4-2-3-20(25)23(21)26/h2-10,15,27-28H,11-14H2,1H3. The Bertz CT molecular complexity index is 1560. The summed E-state index contributed by atoms with van der Waals surface area (Å²) in [4.78, 5) is 14.3. The van der Waals surface area contributed by atoms with Crippen molar-refractivity contribution in [3.05, 3.63) is 76.3 Å². The molecule has 1 saturated heterocycles. The minimum Gasteiger partial charge on any atom is -0.496 e. The van der Waals surface area contributed by atoms with E-state index in [4.69, 9.17) is 32.7 Å². The Morgan fingerprint density at radius 2 is 1.53 bits per heavy atom. The van der Waals surface area contributed by atoms with Gasteiger partial charge in [0.1, 0.15) is 5.75 Å². The SMILES string of the molecule is COc1ccc(S(=O)(=O)Nc2ccc(S(=O)(=O)Nc3cccc(Cl)c3Cl)cc2)cc1C(=O)N1CCOCC1. The van der Waals surface area contributed by atoms with Crippen LogP contribution >= 0.6 is 23.2 Å². The van der Waals surface area contributed by atoms with Crippen molar-refractivity contribution >= 4 is 60.5 Å². The molecule has 0 spiro atoms. The Labute approximate surface area is 230 Å². The van der Waals surface area contributed by atoms with Gasteiger partial charge in [-0.15, -0.1) is 0 Å². The molecule has 4 rings (SSSR count). The summed E-state index contributed by atoms with van der Waals surface area (Å²) in [5.74, 6) is -0.133. The van der Waals surface area contributed by atoms with Gasteiger partial charge in [-0.2, -0.15) is 0 Å². The van der Waals surface area contributed by atoms with Crippen molar-refractivity contribution in [3.63, 3.8) is 0 Å². The number of ether oxygens (including phenoxy) is 2. The van der Waals surface area contributed by atoms with E-state index >= 15 is 0 Å². The van der Waals surface area contributed by atoms with Gasteiger partial charge in [-0.05, 0) is 54.6 Å². The topological polar surface area (TPSA) is 131 Å². The van der Waals surface area contributed by atoms with Crippen LogP contribution in [0.25, 0.3) is 0 Å². The first-order valence-electron chi connectivity index (χ1n) is 11.2. The predicted molar refractivity (Wildman–Crippen MR) is 144 cm³/mol. The first-order valence-corrected chi connectivity index (χ1v) is 14.9. The maximum Gasteiger partial charge on any atom is 0.261 e. The van der Waals surface area contributed by atoms with Gasteiger partial charge in [0.15, 0.2) is 0 Å². The Morgan fingerprint density at radius 1 is 0.895 bits per heavy atom. The number of amides is 1. The largest absolute Gasteiger partial charge is 0.496 e. The second-order valence-electron chi connectivity index (χ2n) is 8.10. The number of hydrogen-bond acceptors (Lipinski definition) is 7. The predicted octanol–water partition coefficient (Wildman–Crippen LogP) is 4.08. The van der Waals surface area contributed by atoms with Crippen LogP contribution in [-0.4, -0.2) is 61.1 Å². The molecule has 0 radical (unpaired) electrons. The molecule has 0 unspecified atom stereocenters. The number of anilines is 2. The van der Waals surface area contributed by atoms with Crippen LogP contribution in [0.15, 0.2) is 70.5 Å². The molecule has 0 aliphatic carbocycles. The van der Waals surface area contributed by atoms with Crippen LogP contribution in [0, 0.1) is 0 Å². The molecule has 3 aromatic rings. The second kappa shape index (κ2) is 11.4. The lowest BCUT2D eigenvalue weighted by atomic mass is 10.1. The van der Waals surface area contributed by atoms with Gasteiger partial charge in [-0.3, -0.25) is 14.2 Å². The van der Waals surface area contributed by atoms with E-state index in [1.807, 2.05) is 0 Å². The van der Waals surface area contributed by atoms with E-state index in [9.17, 15) is 21.6 Å². The van der Waals surface area contributed by atoms with Crippen molar-refractivity contribution in [1.82, 2.24) is 4.90 Å². The summed E-state index contributed by atoms with van der Waals surface area (Å²) in [5, 5.41) is 0.234. The molecule has 0 atom stereocenters. The zero-order chi connectivity index (χ0) is 27.5. The smallest absolute Gasteiger partial charge is 0.261 e. The van der Waals surface area contributed by atoms with Crippen molar-refractivity contribution in [2.24, 2.45) is 0 Å². The summed E-state index contributed by atoms with van der Waals surface area (Å²) in [6.45, 7) is 1.54. The van der Waals surface area contributed by atoms with E-state index in [1.165, 1.54) is 61.7 Å². The molecule has 2 N–H and O–H groups in total. The van der Waals surface area contributed by atoms with E-state index in [-0.39, 0.29) is 48.4 Å². The highest BCUT2D eigenvalue weighted by molar-refractivity contribution is 7.93. The van der Waals surface area contributed by atoms with Crippen molar-refractivity contribution in [3.8, 4) is 5.75 Å². The van der Waals surface area contributed by atoms with E-state index in [2.05, 4.69) is 9.44 Å². The first kappa shape index (κ1) is 28.0. The highest BCUT2D eigenvalue weighted by Gasteiger charge is 2.25. The van der Waals surface area contributed by atoms with E-state index in [0.717, 1.165) is 0 Å². The number of methoxy groups -OCH3 is 1. The molecular formula is C24H23Cl2N3O7S2. The summed E-state index contributed by atoms with van der Waals surface area (Å²) in [7, 11) is -6.77. The summed E-state index contributed by atoms with van der Waals surface area (Å²) < 4.78 is 67.0. The third-order valence-corrected chi connectivity index (χ3v) is 9.20. The molecule has 10 nitrogen and oxygen atoms in total. The molecule has 1 fully saturated rings. The number of nitrogens with one attached hydrogen (secondary N) is 2. The van der Waals surface area contributed by atoms with E-state index < -0.39 is 20.0 Å². The van der Waals surface area contributed by atoms with Crippen molar-refractivity contribution < 1.29 is 31.1 Å². The van der Waals surface area contributed by atoms with Gasteiger partial charge in [0, 0.05) is 18.8 Å². The van der Waals surface area contributed by atoms with Crippen molar-refractivity contribution in [1.29, 1.82) is 0 Å². The zero-order valence-electron chi connectivity index (χ0n) is 20.0. The molecular weight excluding hydrogens is 577 g/mol. The summed E-state index contributed by atoms with van der Waals surface area (Å²) in [6.07, 6.45) is 0. The molecule has 0 aromatic heterocycles. The Hall–Kier alpha value is -3.03. The molecule has 1 heterocycles. The van der Waals surface area contributed by atoms with E-state index in [0.29, 0.717) is 26.3 Å². The molecule has 14 heteroatoms. The fourth-order valence-corrected chi connectivity index (χ4v) is 6.22. The monoisotopic (exact) mass is 599 g/mol. The molecule has 1 aliphatic rings. The fourth-order valence-electron chi connectivity index (χ4n) is 3.66. The maximum atomic E-state index is 13.1. The molecule has 1 amide bonds. The average molecular weight is 601 g/mol. The molecule has 1 aliphatic heterocycles. The summed E-state index contributed by atoms with van der Waals surface area (Å²) >= 11 is 12.0. The van der Waals surface area contributed by atoms with Gasteiger partial charge < -0.3 is 14.4 Å². The zero-order valence-corrected chi connectivity index (χ0v) is 23.1. The number of morpholine rings is 1. The average Bonchev–Trinajstić information content (AvgIpc) is 2.91. The van der Waals surface area contributed by atoms with E-state index in [1.54, 1.807) is 11.0 Å². The number of carbonyl (C=O) groups is 1. The Morgan fingerprint density at radius 3 is 2.18 bits per heavy atom. The van der Waals surface area contributed by atoms with Gasteiger partial charge in [-0.25, -0.2) is 16.8 Å². The van der Waals surface area contributed by atoms with Crippen LogP contribution in [-0.2, 0) is 24.8 Å². The van der Waals surface area contributed by atoms with Crippen LogP contribution in [0.2, 0.25) is 10.0 Å². The molecule has 0 bridgehead atoms. The van der Waals surface area contributed by atoms with Crippen LogP contribution in [0.3, 0.4) is 0 Å². The molecule has 38 heavy (non-hydrogen) atoms. The Kier molecular flexibility index (Phi) is 8.38. The van der Waals surface area contributed by atoms with Gasteiger partial charge >= 0.3 is 0 Å². The minimum absolute atomic E-state index is 0.0492. The van der Waals surface area contributed by atoms with Crippen LogP contribution in [0.1, 0.15) is 10.4 Å². The first-order chi connectivity index (χ1) is 18.0. The lowest BCUT2D eigenvalue weighted by molar-refractivity contribution is 0.0300. The normalized spacial score (nSPS) is 14.1.